The van der Waals surface area contributed by atoms with E-state index in [0.29, 0.717) is 11.2 Å². The van der Waals surface area contributed by atoms with Crippen LogP contribution in [0.5, 0.6) is 0 Å². The number of fused-ring (bicyclic) bond motifs is 1. The van der Waals surface area contributed by atoms with Crippen LogP contribution in [-0.4, -0.2) is 30.8 Å². The molecular weight excluding hydrogens is 248 g/mol. The molecule has 7 nitrogen and oxygen atoms in total. The molecule has 0 amide bonds. The van der Waals surface area contributed by atoms with Gasteiger partial charge in [-0.2, -0.15) is 0 Å². The number of rotatable bonds is 5. The third-order valence-corrected chi connectivity index (χ3v) is 3.29. The topological polar surface area (TPSA) is 92.9 Å². The smallest absolute Gasteiger partial charge is 0.329 e. The van der Waals surface area contributed by atoms with Crippen molar-refractivity contribution < 1.29 is 5.11 Å². The van der Waals surface area contributed by atoms with Gasteiger partial charge in [0.2, 0.25) is 0 Å². The molecule has 0 atom stereocenters. The highest BCUT2D eigenvalue weighted by molar-refractivity contribution is 5.70. The molecule has 0 saturated carbocycles. The molecule has 104 valence electrons. The summed E-state index contributed by atoms with van der Waals surface area (Å²) in [6.07, 6.45) is 3.29. The quantitative estimate of drug-likeness (QED) is 0.724. The number of aliphatic hydroxyl groups excluding tert-OH is 1. The first-order valence-corrected chi connectivity index (χ1v) is 6.31. The predicted molar refractivity (Wildman–Crippen MR) is 71.2 cm³/mol. The largest absolute Gasteiger partial charge is 0.396 e. The number of aliphatic hydroxyl groups is 1. The van der Waals surface area contributed by atoms with Gasteiger partial charge in [0.15, 0.2) is 11.2 Å². The number of hydrogen-bond donors (Lipinski definition) is 2. The second-order valence-corrected chi connectivity index (χ2v) is 4.61. The zero-order valence-electron chi connectivity index (χ0n) is 11.1. The van der Waals surface area contributed by atoms with Crippen LogP contribution in [-0.2, 0) is 20.5 Å². The molecule has 0 radical (unpaired) electrons. The Hall–Kier alpha value is -1.89. The van der Waals surface area contributed by atoms with Crippen molar-refractivity contribution >= 4 is 11.2 Å². The highest BCUT2D eigenvalue weighted by Gasteiger charge is 2.14. The van der Waals surface area contributed by atoms with E-state index in [1.54, 1.807) is 18.7 Å². The standard InChI is InChI=1S/C12H18N4O3/c1-15-8(6-4-3-5-7-17)13-10-9(15)11(18)14-12(19)16(10)2/h17H,3-7H2,1-2H3,(H,14,18,19). The van der Waals surface area contributed by atoms with E-state index in [1.165, 1.54) is 4.57 Å². The number of imidazole rings is 1. The van der Waals surface area contributed by atoms with Crippen molar-refractivity contribution in [1.82, 2.24) is 19.1 Å². The molecule has 0 unspecified atom stereocenters. The maximum Gasteiger partial charge on any atom is 0.329 e. The van der Waals surface area contributed by atoms with Gasteiger partial charge in [0.05, 0.1) is 0 Å². The van der Waals surface area contributed by atoms with E-state index in [0.717, 1.165) is 31.5 Å². The Balaban J connectivity index is 2.40. The number of nitrogens with zero attached hydrogens (tertiary/aromatic N) is 3. The summed E-state index contributed by atoms with van der Waals surface area (Å²) in [5.41, 5.74) is -0.0372. The van der Waals surface area contributed by atoms with Gasteiger partial charge in [0.25, 0.3) is 5.56 Å². The lowest BCUT2D eigenvalue weighted by molar-refractivity contribution is 0.283. The maximum atomic E-state index is 11.8. The number of aryl methyl sites for hydroxylation is 3. The van der Waals surface area contributed by atoms with Crippen LogP contribution in [0.25, 0.3) is 11.2 Å². The van der Waals surface area contributed by atoms with Crippen LogP contribution in [0, 0.1) is 0 Å². The summed E-state index contributed by atoms with van der Waals surface area (Å²) in [5.74, 6) is 0.777. The Morgan fingerprint density at radius 3 is 2.58 bits per heavy atom. The second kappa shape index (κ2) is 5.40. The van der Waals surface area contributed by atoms with Gasteiger partial charge in [-0.3, -0.25) is 14.3 Å². The zero-order chi connectivity index (χ0) is 14.0. The van der Waals surface area contributed by atoms with E-state index in [2.05, 4.69) is 9.97 Å². The normalized spacial score (nSPS) is 11.3. The van der Waals surface area contributed by atoms with Gasteiger partial charge in [-0.1, -0.05) is 6.42 Å². The van der Waals surface area contributed by atoms with Crippen molar-refractivity contribution in [3.63, 3.8) is 0 Å². The molecule has 19 heavy (non-hydrogen) atoms. The van der Waals surface area contributed by atoms with Gasteiger partial charge in [-0.15, -0.1) is 0 Å². The predicted octanol–water partition coefficient (Wildman–Crippen LogP) is -0.335. The minimum atomic E-state index is -0.456. The fraction of sp³-hybridized carbons (Fsp3) is 0.583. The molecule has 0 bridgehead atoms. The minimum absolute atomic E-state index is 0.191. The average molecular weight is 266 g/mol. The maximum absolute atomic E-state index is 11.8. The van der Waals surface area contributed by atoms with Crippen molar-refractivity contribution in [2.75, 3.05) is 6.61 Å². The molecule has 0 spiro atoms. The molecular formula is C12H18N4O3. The molecule has 2 aromatic heterocycles. The molecule has 0 saturated heterocycles. The molecule has 2 aromatic rings. The first-order chi connectivity index (χ1) is 9.06. The lowest BCUT2D eigenvalue weighted by Gasteiger charge is -2.01. The highest BCUT2D eigenvalue weighted by Crippen LogP contribution is 2.11. The first-order valence-electron chi connectivity index (χ1n) is 6.31. The van der Waals surface area contributed by atoms with Crippen molar-refractivity contribution in [3.05, 3.63) is 26.7 Å². The summed E-state index contributed by atoms with van der Waals surface area (Å²) in [7, 11) is 3.36. The zero-order valence-corrected chi connectivity index (χ0v) is 11.1. The summed E-state index contributed by atoms with van der Waals surface area (Å²) in [6, 6.07) is 0. The molecule has 0 aliphatic rings. The van der Waals surface area contributed by atoms with E-state index in [4.69, 9.17) is 5.11 Å². The van der Waals surface area contributed by atoms with E-state index >= 15 is 0 Å². The Morgan fingerprint density at radius 2 is 1.89 bits per heavy atom. The van der Waals surface area contributed by atoms with E-state index in [-0.39, 0.29) is 6.61 Å². The summed E-state index contributed by atoms with van der Waals surface area (Å²) < 4.78 is 3.07. The van der Waals surface area contributed by atoms with Crippen molar-refractivity contribution in [2.24, 2.45) is 14.1 Å². The monoisotopic (exact) mass is 266 g/mol. The second-order valence-electron chi connectivity index (χ2n) is 4.61. The lowest BCUT2D eigenvalue weighted by Crippen LogP contribution is -2.29. The Morgan fingerprint density at radius 1 is 1.16 bits per heavy atom. The molecule has 0 fully saturated rings. The molecule has 0 aliphatic carbocycles. The Kier molecular flexibility index (Phi) is 3.84. The van der Waals surface area contributed by atoms with Crippen LogP contribution in [0.1, 0.15) is 25.1 Å². The minimum Gasteiger partial charge on any atom is -0.396 e. The molecule has 2 N–H and O–H groups in total. The summed E-state index contributed by atoms with van der Waals surface area (Å²) in [6.45, 7) is 0.191. The Labute approximate surface area is 109 Å². The fourth-order valence-corrected chi connectivity index (χ4v) is 2.15. The van der Waals surface area contributed by atoms with Crippen LogP contribution in [0.3, 0.4) is 0 Å². The summed E-state index contributed by atoms with van der Waals surface area (Å²) in [5, 5.41) is 8.73. The summed E-state index contributed by atoms with van der Waals surface area (Å²) >= 11 is 0. The van der Waals surface area contributed by atoms with Crippen molar-refractivity contribution in [3.8, 4) is 0 Å². The molecule has 2 heterocycles. The molecule has 0 aromatic carbocycles. The van der Waals surface area contributed by atoms with Crippen LogP contribution in [0.15, 0.2) is 9.59 Å². The van der Waals surface area contributed by atoms with E-state index < -0.39 is 11.2 Å². The highest BCUT2D eigenvalue weighted by atomic mass is 16.3. The number of nitrogens with one attached hydrogen (secondary N) is 1. The van der Waals surface area contributed by atoms with Crippen molar-refractivity contribution in [2.45, 2.75) is 25.7 Å². The van der Waals surface area contributed by atoms with E-state index in [9.17, 15) is 9.59 Å². The van der Waals surface area contributed by atoms with Crippen LogP contribution < -0.4 is 11.2 Å². The average Bonchev–Trinajstić information content (AvgIpc) is 2.70. The Bertz CT molecular complexity index is 695. The number of hydrogen-bond acceptors (Lipinski definition) is 4. The summed E-state index contributed by atoms with van der Waals surface area (Å²) in [4.78, 5) is 29.9. The van der Waals surface area contributed by atoms with Gasteiger partial charge >= 0.3 is 5.69 Å². The van der Waals surface area contributed by atoms with E-state index in [1.807, 2.05) is 0 Å². The van der Waals surface area contributed by atoms with Gasteiger partial charge in [-0.05, 0) is 12.8 Å². The van der Waals surface area contributed by atoms with Crippen LogP contribution in [0.2, 0.25) is 0 Å². The fourth-order valence-electron chi connectivity index (χ4n) is 2.15. The molecule has 0 aliphatic heterocycles. The molecule has 2 rings (SSSR count). The third-order valence-electron chi connectivity index (χ3n) is 3.29. The molecule has 7 heteroatoms. The number of unbranched alkanes of at least 4 members (excludes halogenated alkanes) is 2. The van der Waals surface area contributed by atoms with Gasteiger partial charge in [0.1, 0.15) is 5.82 Å². The van der Waals surface area contributed by atoms with Crippen LogP contribution in [0.4, 0.5) is 0 Å². The SMILES string of the molecule is Cn1c(CCCCCO)nc2c1c(=O)[nH]c(=O)n2C. The third kappa shape index (κ3) is 2.46. The van der Waals surface area contributed by atoms with Gasteiger partial charge in [0, 0.05) is 27.1 Å². The number of aromatic amines is 1. The lowest BCUT2D eigenvalue weighted by atomic mass is 10.2. The van der Waals surface area contributed by atoms with Crippen LogP contribution >= 0.6 is 0 Å². The number of H-pyrrole nitrogens is 1. The van der Waals surface area contributed by atoms with Gasteiger partial charge < -0.3 is 9.67 Å². The van der Waals surface area contributed by atoms with Gasteiger partial charge in [-0.25, -0.2) is 9.78 Å². The van der Waals surface area contributed by atoms with Crippen molar-refractivity contribution in [1.29, 1.82) is 0 Å². The first kappa shape index (κ1) is 13.5. The number of aromatic nitrogens is 4.